The van der Waals surface area contributed by atoms with Crippen LogP contribution < -0.4 is 0 Å². The zero-order valence-electron chi connectivity index (χ0n) is 6.33. The van der Waals surface area contributed by atoms with Crippen LogP contribution in [0.4, 0.5) is 0 Å². The van der Waals surface area contributed by atoms with Gasteiger partial charge in [0, 0.05) is 12.7 Å². The van der Waals surface area contributed by atoms with Gasteiger partial charge in [-0.3, -0.25) is 4.68 Å². The van der Waals surface area contributed by atoms with Crippen molar-refractivity contribution >= 4 is 0 Å². The van der Waals surface area contributed by atoms with Crippen LogP contribution in [-0.2, 0) is 6.54 Å². The van der Waals surface area contributed by atoms with Gasteiger partial charge in [0.05, 0.1) is 11.8 Å². The maximum absolute atomic E-state index is 5.17. The molecule has 0 fully saturated rings. The van der Waals surface area contributed by atoms with Crippen molar-refractivity contribution in [3.8, 4) is 12.3 Å². The van der Waals surface area contributed by atoms with Crippen LogP contribution in [-0.4, -0.2) is 9.78 Å². The van der Waals surface area contributed by atoms with Gasteiger partial charge in [0.1, 0.15) is 0 Å². The zero-order valence-corrected chi connectivity index (χ0v) is 6.33. The Balaban J connectivity index is 2.59. The molecule has 2 nitrogen and oxygen atoms in total. The van der Waals surface area contributed by atoms with Gasteiger partial charge >= 0.3 is 0 Å². The fraction of sp³-hybridized carbons (Fsp3) is 0.222. The van der Waals surface area contributed by atoms with E-state index in [1.165, 1.54) is 0 Å². The molecule has 11 heavy (non-hydrogen) atoms. The van der Waals surface area contributed by atoms with Gasteiger partial charge in [-0.15, -0.1) is 13.0 Å². The summed E-state index contributed by atoms with van der Waals surface area (Å²) in [5, 5.41) is 4.05. The lowest BCUT2D eigenvalue weighted by Gasteiger charge is -1.94. The average Bonchev–Trinajstić information content (AvgIpc) is 2.48. The van der Waals surface area contributed by atoms with Gasteiger partial charge in [0.2, 0.25) is 0 Å². The van der Waals surface area contributed by atoms with Crippen LogP contribution in [0.2, 0.25) is 0 Å². The van der Waals surface area contributed by atoms with Crippen LogP contribution in [0.25, 0.3) is 0 Å². The number of allylic oxidation sites excluding steroid dienone is 1. The van der Waals surface area contributed by atoms with Gasteiger partial charge in [-0.05, 0) is 6.42 Å². The Bertz CT molecular complexity index is 278. The molecular weight excluding hydrogens is 136 g/mol. The Hall–Kier alpha value is -1.49. The molecule has 1 aromatic rings. The lowest BCUT2D eigenvalue weighted by Crippen LogP contribution is -1.95. The van der Waals surface area contributed by atoms with Crippen LogP contribution in [0.1, 0.15) is 12.0 Å². The van der Waals surface area contributed by atoms with E-state index in [1.54, 1.807) is 6.20 Å². The monoisotopic (exact) mass is 146 g/mol. The summed E-state index contributed by atoms with van der Waals surface area (Å²) in [7, 11) is 0. The first-order valence-corrected chi connectivity index (χ1v) is 3.47. The predicted molar refractivity (Wildman–Crippen MR) is 45.0 cm³/mol. The molecule has 0 aliphatic heterocycles. The predicted octanol–water partition coefficient (Wildman–Crippen LogP) is 1.44. The third-order valence-electron chi connectivity index (χ3n) is 1.36. The number of hydrogen-bond donors (Lipinski definition) is 0. The Morgan fingerprint density at radius 1 is 1.82 bits per heavy atom. The first kappa shape index (κ1) is 7.62. The van der Waals surface area contributed by atoms with Crippen LogP contribution >= 0.6 is 0 Å². The third-order valence-corrected chi connectivity index (χ3v) is 1.36. The van der Waals surface area contributed by atoms with E-state index >= 15 is 0 Å². The maximum atomic E-state index is 5.17. The largest absolute Gasteiger partial charge is 0.271 e. The van der Waals surface area contributed by atoms with E-state index in [0.717, 1.165) is 18.5 Å². The quantitative estimate of drug-likeness (QED) is 0.466. The van der Waals surface area contributed by atoms with E-state index in [1.807, 2.05) is 17.0 Å². The molecule has 0 saturated carbocycles. The number of aryl methyl sites for hydroxylation is 1. The topological polar surface area (TPSA) is 17.8 Å². The first-order chi connectivity index (χ1) is 5.36. The summed E-state index contributed by atoms with van der Waals surface area (Å²) in [6, 6.07) is 0. The van der Waals surface area contributed by atoms with E-state index in [0.29, 0.717) is 0 Å². The van der Waals surface area contributed by atoms with Gasteiger partial charge < -0.3 is 0 Å². The fourth-order valence-corrected chi connectivity index (χ4v) is 0.784. The molecule has 1 aromatic heterocycles. The number of hydrogen-bond acceptors (Lipinski definition) is 1. The molecule has 0 radical (unpaired) electrons. The van der Waals surface area contributed by atoms with E-state index in [2.05, 4.69) is 17.6 Å². The SMILES string of the molecule is C#Cc1cnn(CCC=C)c1. The molecule has 2 heteroatoms. The molecular formula is C9H10N2. The molecule has 0 N–H and O–H groups in total. The zero-order chi connectivity index (χ0) is 8.10. The Morgan fingerprint density at radius 3 is 3.18 bits per heavy atom. The smallest absolute Gasteiger partial charge is 0.0646 e. The molecule has 1 rings (SSSR count). The van der Waals surface area contributed by atoms with Gasteiger partial charge in [0.15, 0.2) is 0 Å². The highest BCUT2D eigenvalue weighted by Gasteiger charge is 1.92. The average molecular weight is 146 g/mol. The number of rotatable bonds is 3. The Kier molecular flexibility index (Phi) is 2.51. The van der Waals surface area contributed by atoms with Gasteiger partial charge in [-0.2, -0.15) is 5.10 Å². The van der Waals surface area contributed by atoms with Crippen LogP contribution in [0.5, 0.6) is 0 Å². The summed E-state index contributed by atoms with van der Waals surface area (Å²) < 4.78 is 1.82. The van der Waals surface area contributed by atoms with Gasteiger partial charge in [-0.25, -0.2) is 0 Å². The van der Waals surface area contributed by atoms with Crippen molar-refractivity contribution < 1.29 is 0 Å². The number of terminal acetylenes is 1. The fourth-order valence-electron chi connectivity index (χ4n) is 0.784. The molecule has 0 unspecified atom stereocenters. The van der Waals surface area contributed by atoms with Crippen molar-refractivity contribution in [2.24, 2.45) is 0 Å². The summed E-state index contributed by atoms with van der Waals surface area (Å²) in [6.45, 7) is 4.47. The molecule has 0 saturated heterocycles. The van der Waals surface area contributed by atoms with Crippen LogP contribution in [0.3, 0.4) is 0 Å². The van der Waals surface area contributed by atoms with Gasteiger partial charge in [-0.1, -0.05) is 12.0 Å². The van der Waals surface area contributed by atoms with Crippen molar-refractivity contribution in [3.05, 3.63) is 30.6 Å². The molecule has 0 aliphatic carbocycles. The maximum Gasteiger partial charge on any atom is 0.0646 e. The second-order valence-corrected chi connectivity index (χ2v) is 2.21. The summed E-state index contributed by atoms with van der Waals surface area (Å²) in [4.78, 5) is 0. The molecule has 0 bridgehead atoms. The Morgan fingerprint density at radius 2 is 2.64 bits per heavy atom. The second kappa shape index (κ2) is 3.62. The number of nitrogens with zero attached hydrogens (tertiary/aromatic N) is 2. The third kappa shape index (κ3) is 1.98. The molecule has 0 atom stereocenters. The minimum absolute atomic E-state index is 0.828. The molecule has 0 aliphatic rings. The van der Waals surface area contributed by atoms with Gasteiger partial charge in [0.25, 0.3) is 0 Å². The van der Waals surface area contributed by atoms with E-state index < -0.39 is 0 Å². The van der Waals surface area contributed by atoms with Crippen LogP contribution in [0, 0.1) is 12.3 Å². The van der Waals surface area contributed by atoms with E-state index in [4.69, 9.17) is 6.42 Å². The van der Waals surface area contributed by atoms with E-state index in [-0.39, 0.29) is 0 Å². The highest BCUT2D eigenvalue weighted by atomic mass is 15.3. The Labute approximate surface area is 66.5 Å². The molecule has 0 aromatic carbocycles. The van der Waals surface area contributed by atoms with Crippen molar-refractivity contribution in [2.75, 3.05) is 0 Å². The van der Waals surface area contributed by atoms with Crippen molar-refractivity contribution in [1.29, 1.82) is 0 Å². The lowest BCUT2D eigenvalue weighted by molar-refractivity contribution is 0.624. The summed E-state index contributed by atoms with van der Waals surface area (Å²) >= 11 is 0. The minimum atomic E-state index is 0.828. The van der Waals surface area contributed by atoms with E-state index in [9.17, 15) is 0 Å². The second-order valence-electron chi connectivity index (χ2n) is 2.21. The standard InChI is InChI=1S/C9H10N2/c1-3-5-6-11-8-9(4-2)7-10-11/h2-3,7-8H,1,5-6H2. The summed E-state index contributed by atoms with van der Waals surface area (Å²) in [6.07, 6.45) is 11.5. The molecule has 56 valence electrons. The first-order valence-electron chi connectivity index (χ1n) is 3.47. The lowest BCUT2D eigenvalue weighted by atomic mass is 10.4. The summed E-state index contributed by atoms with van der Waals surface area (Å²) in [5.41, 5.74) is 0.828. The van der Waals surface area contributed by atoms with Crippen molar-refractivity contribution in [1.82, 2.24) is 9.78 Å². The molecule has 0 spiro atoms. The highest BCUT2D eigenvalue weighted by molar-refractivity contribution is 5.26. The van der Waals surface area contributed by atoms with Crippen molar-refractivity contribution in [2.45, 2.75) is 13.0 Å². The van der Waals surface area contributed by atoms with Crippen LogP contribution in [0.15, 0.2) is 25.0 Å². The normalized spacial score (nSPS) is 9.00. The number of aromatic nitrogens is 2. The minimum Gasteiger partial charge on any atom is -0.271 e. The van der Waals surface area contributed by atoms with Crippen molar-refractivity contribution in [3.63, 3.8) is 0 Å². The summed E-state index contributed by atoms with van der Waals surface area (Å²) in [5.74, 6) is 2.51. The highest BCUT2D eigenvalue weighted by Crippen LogP contribution is 1.95. The molecule has 0 amide bonds. The molecule has 1 heterocycles.